The molecule has 1 aromatic carbocycles. The summed E-state index contributed by atoms with van der Waals surface area (Å²) in [5.41, 5.74) is 1.08. The van der Waals surface area contributed by atoms with Crippen LogP contribution in [0.1, 0.15) is 6.42 Å². The predicted molar refractivity (Wildman–Crippen MR) is 69.0 cm³/mol. The van der Waals surface area contributed by atoms with Gasteiger partial charge in [-0.2, -0.15) is 0 Å². The highest BCUT2D eigenvalue weighted by Gasteiger charge is 2.08. The summed E-state index contributed by atoms with van der Waals surface area (Å²) in [5.74, 6) is -1.71. The minimum Gasteiger partial charge on any atom is -0.385 e. The van der Waals surface area contributed by atoms with Gasteiger partial charge in [0.2, 0.25) is 0 Å². The highest BCUT2D eigenvalue weighted by atomic mass is 19.2. The number of halogens is 2. The summed E-state index contributed by atoms with van der Waals surface area (Å²) >= 11 is 0. The quantitative estimate of drug-likeness (QED) is 0.781. The van der Waals surface area contributed by atoms with E-state index in [1.807, 2.05) is 0 Å². The minimum atomic E-state index is -0.865. The number of rotatable bonds is 7. The number of aromatic nitrogens is 2. The molecule has 0 radical (unpaired) electrons. The van der Waals surface area contributed by atoms with Gasteiger partial charge in [-0.05, 0) is 13.0 Å². The van der Waals surface area contributed by atoms with E-state index in [0.717, 1.165) is 32.2 Å². The third kappa shape index (κ3) is 3.48. The van der Waals surface area contributed by atoms with Crippen molar-refractivity contribution in [2.24, 2.45) is 0 Å². The first-order chi connectivity index (χ1) is 9.22. The lowest BCUT2D eigenvalue weighted by atomic mass is 10.3. The number of ether oxygens (including phenoxy) is 1. The molecule has 1 aromatic heterocycles. The Balaban J connectivity index is 1.92. The molecule has 1 heterocycles. The molecule has 4 nitrogen and oxygen atoms in total. The van der Waals surface area contributed by atoms with Gasteiger partial charge in [-0.25, -0.2) is 13.8 Å². The topological polar surface area (TPSA) is 39.1 Å². The standard InChI is InChI=1S/C13H17F2N3O/c1-19-6-2-3-16-4-5-18-9-17-12-7-10(14)11(15)8-13(12)18/h7-9,16H,2-6H2,1H3. The maximum absolute atomic E-state index is 13.2. The second-order valence-corrected chi connectivity index (χ2v) is 4.29. The summed E-state index contributed by atoms with van der Waals surface area (Å²) in [6.07, 6.45) is 2.54. The van der Waals surface area contributed by atoms with Crippen LogP contribution >= 0.6 is 0 Å². The second-order valence-electron chi connectivity index (χ2n) is 4.29. The van der Waals surface area contributed by atoms with Gasteiger partial charge in [0.05, 0.1) is 17.4 Å². The molecule has 6 heteroatoms. The molecule has 104 valence electrons. The largest absolute Gasteiger partial charge is 0.385 e. The van der Waals surface area contributed by atoms with Crippen molar-refractivity contribution in [2.75, 3.05) is 26.8 Å². The molecule has 2 rings (SSSR count). The van der Waals surface area contributed by atoms with E-state index in [1.165, 1.54) is 6.07 Å². The van der Waals surface area contributed by atoms with E-state index >= 15 is 0 Å². The van der Waals surface area contributed by atoms with Gasteiger partial charge in [-0.1, -0.05) is 0 Å². The van der Waals surface area contributed by atoms with E-state index in [-0.39, 0.29) is 0 Å². The zero-order valence-corrected chi connectivity index (χ0v) is 10.8. The molecule has 19 heavy (non-hydrogen) atoms. The normalized spacial score (nSPS) is 11.3. The number of nitrogens with zero attached hydrogens (tertiary/aromatic N) is 2. The van der Waals surface area contributed by atoms with E-state index in [4.69, 9.17) is 4.74 Å². The fourth-order valence-electron chi connectivity index (χ4n) is 1.90. The molecule has 0 spiro atoms. The van der Waals surface area contributed by atoms with Gasteiger partial charge < -0.3 is 14.6 Å². The number of methoxy groups -OCH3 is 1. The first kappa shape index (κ1) is 13.9. The summed E-state index contributed by atoms with van der Waals surface area (Å²) in [4.78, 5) is 4.06. The van der Waals surface area contributed by atoms with Crippen LogP contribution < -0.4 is 5.32 Å². The lowest BCUT2D eigenvalue weighted by molar-refractivity contribution is 0.194. The molecule has 0 bridgehead atoms. The van der Waals surface area contributed by atoms with Gasteiger partial charge in [0, 0.05) is 38.9 Å². The van der Waals surface area contributed by atoms with Crippen molar-refractivity contribution in [3.63, 3.8) is 0 Å². The van der Waals surface area contributed by atoms with Gasteiger partial charge in [0.15, 0.2) is 11.6 Å². The molecule has 0 saturated carbocycles. The van der Waals surface area contributed by atoms with Crippen molar-refractivity contribution in [1.29, 1.82) is 0 Å². The smallest absolute Gasteiger partial charge is 0.161 e. The van der Waals surface area contributed by atoms with Gasteiger partial charge in [0.1, 0.15) is 0 Å². The summed E-state index contributed by atoms with van der Waals surface area (Å²) in [6, 6.07) is 2.30. The molecule has 0 fully saturated rings. The minimum absolute atomic E-state index is 0.471. The molecule has 0 unspecified atom stereocenters. The van der Waals surface area contributed by atoms with Crippen LogP contribution in [-0.4, -0.2) is 36.4 Å². The highest BCUT2D eigenvalue weighted by Crippen LogP contribution is 2.17. The zero-order chi connectivity index (χ0) is 13.7. The fraction of sp³-hybridized carbons (Fsp3) is 0.462. The van der Waals surface area contributed by atoms with Gasteiger partial charge in [-0.15, -0.1) is 0 Å². The molecule has 0 aliphatic rings. The van der Waals surface area contributed by atoms with Gasteiger partial charge >= 0.3 is 0 Å². The number of nitrogens with one attached hydrogen (secondary N) is 1. The molecule has 0 atom stereocenters. The van der Waals surface area contributed by atoms with Crippen LogP contribution in [0.5, 0.6) is 0 Å². The lowest BCUT2D eigenvalue weighted by Crippen LogP contribution is -2.21. The Morgan fingerprint density at radius 1 is 1.26 bits per heavy atom. The number of imidazole rings is 1. The Bertz CT molecular complexity index is 542. The van der Waals surface area contributed by atoms with Crippen LogP contribution in [0.4, 0.5) is 8.78 Å². The summed E-state index contributed by atoms with van der Waals surface area (Å²) in [5, 5.41) is 3.25. The molecule has 2 aromatic rings. The highest BCUT2D eigenvalue weighted by molar-refractivity contribution is 5.75. The molecule has 0 amide bonds. The van der Waals surface area contributed by atoms with Gasteiger partial charge in [0.25, 0.3) is 0 Å². The predicted octanol–water partition coefficient (Wildman–Crippen LogP) is 1.94. The maximum atomic E-state index is 13.2. The number of hydrogen-bond acceptors (Lipinski definition) is 3. The number of hydrogen-bond donors (Lipinski definition) is 1. The van der Waals surface area contributed by atoms with E-state index in [2.05, 4.69) is 10.3 Å². The summed E-state index contributed by atoms with van der Waals surface area (Å²) in [7, 11) is 1.67. The van der Waals surface area contributed by atoms with Crippen LogP contribution in [0.15, 0.2) is 18.5 Å². The Morgan fingerprint density at radius 3 is 2.84 bits per heavy atom. The average Bonchev–Trinajstić information content (AvgIpc) is 2.77. The van der Waals surface area contributed by atoms with Crippen molar-refractivity contribution in [3.8, 4) is 0 Å². The van der Waals surface area contributed by atoms with E-state index in [0.29, 0.717) is 17.6 Å². The zero-order valence-electron chi connectivity index (χ0n) is 10.8. The molecular formula is C13H17F2N3O. The van der Waals surface area contributed by atoms with Crippen LogP contribution in [0.25, 0.3) is 11.0 Å². The second kappa shape index (κ2) is 6.58. The van der Waals surface area contributed by atoms with Crippen molar-refractivity contribution in [3.05, 3.63) is 30.1 Å². The molecule has 1 N–H and O–H groups in total. The van der Waals surface area contributed by atoms with E-state index in [1.54, 1.807) is 18.0 Å². The molecule has 0 saturated heterocycles. The Kier molecular flexibility index (Phi) is 4.81. The maximum Gasteiger partial charge on any atom is 0.161 e. The Hall–Kier alpha value is -1.53. The monoisotopic (exact) mass is 269 g/mol. The van der Waals surface area contributed by atoms with Crippen molar-refractivity contribution < 1.29 is 13.5 Å². The van der Waals surface area contributed by atoms with E-state index < -0.39 is 11.6 Å². The van der Waals surface area contributed by atoms with Crippen LogP contribution in [0, 0.1) is 11.6 Å². The first-order valence-corrected chi connectivity index (χ1v) is 6.22. The van der Waals surface area contributed by atoms with Crippen LogP contribution in [0.3, 0.4) is 0 Å². The first-order valence-electron chi connectivity index (χ1n) is 6.22. The van der Waals surface area contributed by atoms with Gasteiger partial charge in [-0.3, -0.25) is 0 Å². The summed E-state index contributed by atoms with van der Waals surface area (Å²) < 4.78 is 33.0. The lowest BCUT2D eigenvalue weighted by Gasteiger charge is -2.06. The molecular weight excluding hydrogens is 252 g/mol. The van der Waals surface area contributed by atoms with Crippen molar-refractivity contribution in [1.82, 2.24) is 14.9 Å². The van der Waals surface area contributed by atoms with Crippen LogP contribution in [0.2, 0.25) is 0 Å². The third-order valence-electron chi connectivity index (χ3n) is 2.89. The number of benzene rings is 1. The Morgan fingerprint density at radius 2 is 2.05 bits per heavy atom. The van der Waals surface area contributed by atoms with Crippen molar-refractivity contribution >= 4 is 11.0 Å². The Labute approximate surface area is 110 Å². The molecule has 0 aliphatic carbocycles. The van der Waals surface area contributed by atoms with E-state index in [9.17, 15) is 8.78 Å². The SMILES string of the molecule is COCCCNCCn1cnc2cc(F)c(F)cc21. The average molecular weight is 269 g/mol. The molecule has 0 aliphatic heterocycles. The van der Waals surface area contributed by atoms with Crippen molar-refractivity contribution in [2.45, 2.75) is 13.0 Å². The summed E-state index contributed by atoms with van der Waals surface area (Å²) in [6.45, 7) is 3.00. The third-order valence-corrected chi connectivity index (χ3v) is 2.89. The van der Waals surface area contributed by atoms with Crippen LogP contribution in [-0.2, 0) is 11.3 Å². The fourth-order valence-corrected chi connectivity index (χ4v) is 1.90. The number of fused-ring (bicyclic) bond motifs is 1.